The molecule has 0 spiro atoms. The zero-order valence-electron chi connectivity index (χ0n) is 21.7. The molecule has 2 aliphatic rings. The molecule has 1 aliphatic carbocycles. The van der Waals surface area contributed by atoms with Gasteiger partial charge in [-0.2, -0.15) is 9.90 Å². The molecular formula is C30H28N6O3. The van der Waals surface area contributed by atoms with Crippen molar-refractivity contribution >= 4 is 11.6 Å². The van der Waals surface area contributed by atoms with E-state index >= 15 is 0 Å². The van der Waals surface area contributed by atoms with Crippen LogP contribution in [-0.2, 0) is 16.8 Å². The molecule has 196 valence electrons. The van der Waals surface area contributed by atoms with Crippen LogP contribution in [0.15, 0.2) is 90.0 Å². The van der Waals surface area contributed by atoms with Crippen LogP contribution in [0.1, 0.15) is 29.5 Å². The number of benzene rings is 3. The fraction of sp³-hybridized carbons (Fsp3) is 0.233. The Balaban J connectivity index is 1.37. The van der Waals surface area contributed by atoms with Gasteiger partial charge in [-0.3, -0.25) is 4.79 Å². The quantitative estimate of drug-likeness (QED) is 0.368. The van der Waals surface area contributed by atoms with Crippen molar-refractivity contribution in [2.45, 2.75) is 24.8 Å². The van der Waals surface area contributed by atoms with Crippen molar-refractivity contribution in [3.63, 3.8) is 0 Å². The van der Waals surface area contributed by atoms with Gasteiger partial charge >= 0.3 is 0 Å². The number of fused-ring (bicyclic) bond motifs is 1. The number of hydrogen-bond donors (Lipinski definition) is 1. The van der Waals surface area contributed by atoms with Crippen LogP contribution >= 0.6 is 0 Å². The highest BCUT2D eigenvalue weighted by Crippen LogP contribution is 2.47. The molecule has 0 radical (unpaired) electrons. The Kier molecular flexibility index (Phi) is 6.40. The van der Waals surface area contributed by atoms with E-state index in [-0.39, 0.29) is 11.8 Å². The monoisotopic (exact) mass is 520 g/mol. The molecule has 4 aromatic rings. The van der Waals surface area contributed by atoms with E-state index in [9.17, 15) is 4.79 Å². The second kappa shape index (κ2) is 10.2. The summed E-state index contributed by atoms with van der Waals surface area (Å²) in [6, 6.07) is 23.8. The lowest BCUT2D eigenvalue weighted by Gasteiger charge is -2.44. The topological polar surface area (TPSA) is 104 Å². The maximum Gasteiger partial charge on any atom is 0.244 e. The number of tetrazole rings is 1. The fourth-order valence-electron chi connectivity index (χ4n) is 5.58. The van der Waals surface area contributed by atoms with Gasteiger partial charge in [-0.1, -0.05) is 66.7 Å². The zero-order chi connectivity index (χ0) is 26.8. The van der Waals surface area contributed by atoms with Gasteiger partial charge in [0.15, 0.2) is 11.5 Å². The Bertz CT molecular complexity index is 1560. The van der Waals surface area contributed by atoms with Crippen LogP contribution in [0.25, 0.3) is 11.4 Å². The van der Waals surface area contributed by atoms with Crippen LogP contribution in [0, 0.1) is 5.92 Å². The number of hydrazone groups is 1. The van der Waals surface area contributed by atoms with Crippen molar-refractivity contribution in [1.29, 1.82) is 0 Å². The Labute approximate surface area is 226 Å². The van der Waals surface area contributed by atoms with Crippen LogP contribution in [0.3, 0.4) is 0 Å². The van der Waals surface area contributed by atoms with Crippen molar-refractivity contribution in [2.75, 3.05) is 14.2 Å². The van der Waals surface area contributed by atoms with Gasteiger partial charge in [0.1, 0.15) is 0 Å². The Hall–Kier alpha value is -4.79. The minimum Gasteiger partial charge on any atom is -0.493 e. The average molecular weight is 521 g/mol. The highest BCUT2D eigenvalue weighted by atomic mass is 16.5. The van der Waals surface area contributed by atoms with E-state index in [1.807, 2.05) is 72.8 Å². The molecule has 1 aliphatic heterocycles. The van der Waals surface area contributed by atoms with Gasteiger partial charge in [0.2, 0.25) is 11.7 Å². The second-order valence-corrected chi connectivity index (χ2v) is 9.65. The van der Waals surface area contributed by atoms with E-state index < -0.39 is 5.41 Å². The first-order valence-corrected chi connectivity index (χ1v) is 12.8. The molecule has 0 saturated carbocycles. The van der Waals surface area contributed by atoms with Crippen LogP contribution in [0.5, 0.6) is 11.5 Å². The Morgan fingerprint density at radius 3 is 2.49 bits per heavy atom. The normalized spacial score (nSPS) is 20.1. The molecule has 39 heavy (non-hydrogen) atoms. The van der Waals surface area contributed by atoms with E-state index in [1.165, 1.54) is 0 Å². The maximum absolute atomic E-state index is 13.1. The smallest absolute Gasteiger partial charge is 0.244 e. The number of hydrogen-bond acceptors (Lipinski definition) is 7. The number of rotatable bonds is 7. The van der Waals surface area contributed by atoms with Gasteiger partial charge in [0.25, 0.3) is 0 Å². The highest BCUT2D eigenvalue weighted by Gasteiger charge is 2.51. The summed E-state index contributed by atoms with van der Waals surface area (Å²) in [5.74, 6) is 1.39. The van der Waals surface area contributed by atoms with Crippen molar-refractivity contribution in [3.05, 3.63) is 102 Å². The Morgan fingerprint density at radius 2 is 1.72 bits per heavy atom. The summed E-state index contributed by atoms with van der Waals surface area (Å²) in [5.41, 5.74) is 6.72. The third kappa shape index (κ3) is 4.35. The summed E-state index contributed by atoms with van der Waals surface area (Å²) in [6.45, 7) is 0.545. The number of carbonyl (C=O) groups excluding carboxylic acids is 1. The Morgan fingerprint density at radius 1 is 0.949 bits per heavy atom. The first-order chi connectivity index (χ1) is 19.1. The summed E-state index contributed by atoms with van der Waals surface area (Å²) in [6.07, 6.45) is 5.47. The SMILES string of the molecule is COc1ccc(C2=NNC(=O)[C@H]3CC=CC[C@@]23c2ccc(-c3nnn(Cc4ccccc4)n3)cc2)cc1OC. The summed E-state index contributed by atoms with van der Waals surface area (Å²) in [5, 5.41) is 17.7. The lowest BCUT2D eigenvalue weighted by atomic mass is 9.59. The number of carbonyl (C=O) groups is 1. The first-order valence-electron chi connectivity index (χ1n) is 12.8. The fourth-order valence-corrected chi connectivity index (χ4v) is 5.58. The van der Waals surface area contributed by atoms with Gasteiger partial charge in [-0.25, -0.2) is 5.43 Å². The number of allylic oxidation sites excluding steroid dienone is 2. The average Bonchev–Trinajstić information content (AvgIpc) is 3.46. The number of aromatic nitrogens is 4. The number of amides is 1. The van der Waals surface area contributed by atoms with Crippen LogP contribution in [-0.4, -0.2) is 46.0 Å². The minimum atomic E-state index is -0.645. The number of nitrogens with one attached hydrogen (secondary N) is 1. The van der Waals surface area contributed by atoms with E-state index in [0.29, 0.717) is 36.7 Å². The predicted octanol–water partition coefficient (Wildman–Crippen LogP) is 4.14. The van der Waals surface area contributed by atoms with E-state index in [2.05, 4.69) is 38.1 Å². The van der Waals surface area contributed by atoms with Gasteiger partial charge in [-0.05, 0) is 47.4 Å². The summed E-state index contributed by atoms with van der Waals surface area (Å²) in [7, 11) is 3.22. The molecule has 9 nitrogen and oxygen atoms in total. The zero-order valence-corrected chi connectivity index (χ0v) is 21.7. The second-order valence-electron chi connectivity index (χ2n) is 9.65. The lowest BCUT2D eigenvalue weighted by molar-refractivity contribution is -0.127. The maximum atomic E-state index is 13.1. The van der Waals surface area contributed by atoms with E-state index in [4.69, 9.17) is 9.47 Å². The third-order valence-corrected chi connectivity index (χ3v) is 7.52. The van der Waals surface area contributed by atoms with Crippen LogP contribution in [0.4, 0.5) is 0 Å². The molecule has 1 aromatic heterocycles. The molecule has 2 atom stereocenters. The molecule has 6 rings (SSSR count). The molecule has 9 heteroatoms. The standard InChI is InChI=1S/C30H28N6O3/c1-38-25-16-13-22(18-26(25)39-2)27-30(17-7-6-10-24(30)29(37)33-31-27)23-14-11-21(12-15-23)28-32-35-36(34-28)19-20-8-4-3-5-9-20/h3-9,11-16,18,24H,10,17,19H2,1-2H3,(H,33,37)/t24-,30+/m1/s1. The lowest BCUT2D eigenvalue weighted by Crippen LogP contribution is -2.54. The van der Waals surface area contributed by atoms with Gasteiger partial charge in [-0.15, -0.1) is 10.2 Å². The molecule has 3 aromatic carbocycles. The number of methoxy groups -OCH3 is 2. The van der Waals surface area contributed by atoms with Crippen molar-refractivity contribution in [1.82, 2.24) is 25.6 Å². The number of nitrogens with zero attached hydrogens (tertiary/aromatic N) is 5. The molecule has 2 heterocycles. The molecule has 0 unspecified atom stereocenters. The summed E-state index contributed by atoms with van der Waals surface area (Å²) < 4.78 is 11.0. The minimum absolute atomic E-state index is 0.0850. The third-order valence-electron chi connectivity index (χ3n) is 7.52. The van der Waals surface area contributed by atoms with Gasteiger partial charge in [0.05, 0.1) is 37.8 Å². The van der Waals surface area contributed by atoms with Crippen LogP contribution < -0.4 is 14.9 Å². The predicted molar refractivity (Wildman–Crippen MR) is 147 cm³/mol. The summed E-state index contributed by atoms with van der Waals surface area (Å²) >= 11 is 0. The van der Waals surface area contributed by atoms with E-state index in [0.717, 1.165) is 28.0 Å². The van der Waals surface area contributed by atoms with Crippen molar-refractivity contribution in [2.24, 2.45) is 11.0 Å². The molecule has 1 amide bonds. The van der Waals surface area contributed by atoms with Crippen molar-refractivity contribution < 1.29 is 14.3 Å². The summed E-state index contributed by atoms with van der Waals surface area (Å²) in [4.78, 5) is 14.7. The molecule has 0 fully saturated rings. The van der Waals surface area contributed by atoms with Crippen LogP contribution in [0.2, 0.25) is 0 Å². The highest BCUT2D eigenvalue weighted by molar-refractivity contribution is 6.13. The molecule has 0 saturated heterocycles. The van der Waals surface area contributed by atoms with Gasteiger partial charge in [0, 0.05) is 11.1 Å². The largest absolute Gasteiger partial charge is 0.493 e. The number of ether oxygens (including phenoxy) is 2. The molecule has 0 bridgehead atoms. The van der Waals surface area contributed by atoms with E-state index in [1.54, 1.807) is 19.0 Å². The van der Waals surface area contributed by atoms with Crippen molar-refractivity contribution in [3.8, 4) is 22.9 Å². The van der Waals surface area contributed by atoms with Gasteiger partial charge < -0.3 is 9.47 Å². The molecular weight excluding hydrogens is 492 g/mol. The first kappa shape index (κ1) is 24.5. The molecule has 1 N–H and O–H groups in total.